The minimum atomic E-state index is -0.490. The number of halogens is 1. The van der Waals surface area contributed by atoms with Crippen LogP contribution in [-0.2, 0) is 6.54 Å². The molecule has 2 aromatic rings. The summed E-state index contributed by atoms with van der Waals surface area (Å²) in [7, 11) is 1.61. The highest BCUT2D eigenvalue weighted by atomic mass is 19.1. The lowest BCUT2D eigenvalue weighted by Gasteiger charge is -2.21. The number of carbonyl (C=O) groups excluding carboxylic acids is 1. The molecule has 0 radical (unpaired) electrons. The molecule has 1 amide bonds. The number of methoxy groups -OCH3 is 1. The van der Waals surface area contributed by atoms with Gasteiger partial charge in [-0.2, -0.15) is 0 Å². The number of rotatable bonds is 5. The highest BCUT2D eigenvalue weighted by Crippen LogP contribution is 2.15. The molecule has 110 valence electrons. The van der Waals surface area contributed by atoms with Crippen LogP contribution in [0.5, 0.6) is 5.75 Å². The number of carbonyl (C=O) groups is 1. The SMILES string of the molecule is CCN(Cc1ccc(OC)cc1)C(=O)c1ccccc1F. The average Bonchev–Trinajstić information content (AvgIpc) is 2.53. The van der Waals surface area contributed by atoms with Gasteiger partial charge in [-0.3, -0.25) is 4.79 Å². The maximum atomic E-state index is 13.7. The molecule has 2 rings (SSSR count). The minimum Gasteiger partial charge on any atom is -0.497 e. The third-order valence-corrected chi connectivity index (χ3v) is 3.31. The van der Waals surface area contributed by atoms with Crippen LogP contribution >= 0.6 is 0 Å². The summed E-state index contributed by atoms with van der Waals surface area (Å²) in [6.07, 6.45) is 0. The normalized spacial score (nSPS) is 10.2. The van der Waals surface area contributed by atoms with Crippen LogP contribution in [0.25, 0.3) is 0 Å². The molecule has 0 aliphatic heterocycles. The smallest absolute Gasteiger partial charge is 0.257 e. The molecule has 0 spiro atoms. The van der Waals surface area contributed by atoms with Crippen LogP contribution in [0.3, 0.4) is 0 Å². The summed E-state index contributed by atoms with van der Waals surface area (Å²) >= 11 is 0. The fourth-order valence-electron chi connectivity index (χ4n) is 2.08. The van der Waals surface area contributed by atoms with E-state index >= 15 is 0 Å². The molecule has 0 heterocycles. The molecule has 0 atom stereocenters. The van der Waals surface area contributed by atoms with E-state index in [2.05, 4.69) is 0 Å². The Labute approximate surface area is 124 Å². The van der Waals surface area contributed by atoms with Crippen LogP contribution in [-0.4, -0.2) is 24.5 Å². The molecule has 4 heteroatoms. The van der Waals surface area contributed by atoms with Gasteiger partial charge >= 0.3 is 0 Å². The van der Waals surface area contributed by atoms with Gasteiger partial charge in [0.05, 0.1) is 12.7 Å². The van der Waals surface area contributed by atoms with Gasteiger partial charge in [0.2, 0.25) is 0 Å². The summed E-state index contributed by atoms with van der Waals surface area (Å²) in [5.74, 6) is -0.0238. The molecule has 0 N–H and O–H groups in total. The molecule has 0 saturated carbocycles. The second kappa shape index (κ2) is 6.88. The van der Waals surface area contributed by atoms with E-state index in [1.807, 2.05) is 31.2 Å². The fraction of sp³-hybridized carbons (Fsp3) is 0.235. The van der Waals surface area contributed by atoms with E-state index in [0.29, 0.717) is 13.1 Å². The van der Waals surface area contributed by atoms with Gasteiger partial charge in [0, 0.05) is 13.1 Å². The van der Waals surface area contributed by atoms with E-state index in [9.17, 15) is 9.18 Å². The third kappa shape index (κ3) is 3.60. The van der Waals surface area contributed by atoms with Crippen LogP contribution in [0.15, 0.2) is 48.5 Å². The second-order valence-electron chi connectivity index (χ2n) is 4.65. The van der Waals surface area contributed by atoms with Gasteiger partial charge in [0.15, 0.2) is 0 Å². The van der Waals surface area contributed by atoms with Gasteiger partial charge in [-0.1, -0.05) is 24.3 Å². The van der Waals surface area contributed by atoms with E-state index in [-0.39, 0.29) is 11.5 Å². The summed E-state index contributed by atoms with van der Waals surface area (Å²) in [6, 6.07) is 13.5. The molecule has 0 unspecified atom stereocenters. The predicted molar refractivity (Wildman–Crippen MR) is 79.8 cm³/mol. The van der Waals surface area contributed by atoms with Crippen LogP contribution in [0.1, 0.15) is 22.8 Å². The van der Waals surface area contributed by atoms with Gasteiger partial charge in [-0.15, -0.1) is 0 Å². The highest BCUT2D eigenvalue weighted by Gasteiger charge is 2.17. The lowest BCUT2D eigenvalue weighted by molar-refractivity contribution is 0.0748. The third-order valence-electron chi connectivity index (χ3n) is 3.31. The molecule has 0 aromatic heterocycles. The zero-order valence-corrected chi connectivity index (χ0v) is 12.2. The number of hydrogen-bond donors (Lipinski definition) is 0. The maximum absolute atomic E-state index is 13.7. The first-order valence-corrected chi connectivity index (χ1v) is 6.82. The Morgan fingerprint density at radius 3 is 2.38 bits per heavy atom. The van der Waals surface area contributed by atoms with Crippen molar-refractivity contribution >= 4 is 5.91 Å². The number of amides is 1. The molecule has 21 heavy (non-hydrogen) atoms. The molecule has 0 aliphatic rings. The van der Waals surface area contributed by atoms with Crippen molar-refractivity contribution in [1.82, 2.24) is 4.90 Å². The summed E-state index contributed by atoms with van der Waals surface area (Å²) in [4.78, 5) is 14.0. The van der Waals surface area contributed by atoms with Crippen LogP contribution in [0.4, 0.5) is 4.39 Å². The highest BCUT2D eigenvalue weighted by molar-refractivity contribution is 5.94. The monoisotopic (exact) mass is 287 g/mol. The van der Waals surface area contributed by atoms with E-state index in [0.717, 1.165) is 11.3 Å². The lowest BCUT2D eigenvalue weighted by Crippen LogP contribution is -2.30. The van der Waals surface area contributed by atoms with Crippen molar-refractivity contribution in [2.24, 2.45) is 0 Å². The lowest BCUT2D eigenvalue weighted by atomic mass is 10.1. The van der Waals surface area contributed by atoms with Crippen molar-refractivity contribution in [1.29, 1.82) is 0 Å². The van der Waals surface area contributed by atoms with E-state index in [1.54, 1.807) is 24.1 Å². The van der Waals surface area contributed by atoms with Crippen molar-refractivity contribution in [3.63, 3.8) is 0 Å². The molecular weight excluding hydrogens is 269 g/mol. The van der Waals surface area contributed by atoms with Crippen molar-refractivity contribution < 1.29 is 13.9 Å². The van der Waals surface area contributed by atoms with Crippen molar-refractivity contribution in [2.45, 2.75) is 13.5 Å². The van der Waals surface area contributed by atoms with E-state index < -0.39 is 5.82 Å². The summed E-state index contributed by atoms with van der Waals surface area (Å²) < 4.78 is 18.8. The fourth-order valence-corrected chi connectivity index (χ4v) is 2.08. The molecular formula is C17H18FNO2. The molecule has 0 fully saturated rings. The Morgan fingerprint density at radius 1 is 1.14 bits per heavy atom. The van der Waals surface area contributed by atoms with Crippen LogP contribution < -0.4 is 4.74 Å². The van der Waals surface area contributed by atoms with Crippen LogP contribution in [0.2, 0.25) is 0 Å². The minimum absolute atomic E-state index is 0.105. The first-order valence-electron chi connectivity index (χ1n) is 6.82. The topological polar surface area (TPSA) is 29.5 Å². The maximum Gasteiger partial charge on any atom is 0.257 e. The largest absolute Gasteiger partial charge is 0.497 e. The zero-order chi connectivity index (χ0) is 15.2. The predicted octanol–water partition coefficient (Wildman–Crippen LogP) is 3.50. The standard InChI is InChI=1S/C17H18FNO2/c1-3-19(12-13-8-10-14(21-2)11-9-13)17(20)15-6-4-5-7-16(15)18/h4-11H,3,12H2,1-2H3. The van der Waals surface area contributed by atoms with Crippen LogP contribution in [0, 0.1) is 5.82 Å². The van der Waals surface area contributed by atoms with Gasteiger partial charge in [0.1, 0.15) is 11.6 Å². The average molecular weight is 287 g/mol. The Bertz CT molecular complexity index is 610. The van der Waals surface area contributed by atoms with Crippen molar-refractivity contribution in [2.75, 3.05) is 13.7 Å². The van der Waals surface area contributed by atoms with Gasteiger partial charge < -0.3 is 9.64 Å². The summed E-state index contributed by atoms with van der Waals surface area (Å²) in [6.45, 7) is 2.83. The number of hydrogen-bond acceptors (Lipinski definition) is 2. The van der Waals surface area contributed by atoms with Crippen molar-refractivity contribution in [3.05, 3.63) is 65.5 Å². The Hall–Kier alpha value is -2.36. The molecule has 0 bridgehead atoms. The molecule has 0 saturated heterocycles. The Balaban J connectivity index is 2.15. The number of nitrogens with zero attached hydrogens (tertiary/aromatic N) is 1. The quantitative estimate of drug-likeness (QED) is 0.842. The number of benzene rings is 2. The van der Waals surface area contributed by atoms with Gasteiger partial charge in [-0.25, -0.2) is 4.39 Å². The Kier molecular flexibility index (Phi) is 4.93. The van der Waals surface area contributed by atoms with Gasteiger partial charge in [0.25, 0.3) is 5.91 Å². The van der Waals surface area contributed by atoms with Crippen molar-refractivity contribution in [3.8, 4) is 5.75 Å². The molecule has 0 aliphatic carbocycles. The zero-order valence-electron chi connectivity index (χ0n) is 12.2. The molecule has 2 aromatic carbocycles. The number of ether oxygens (including phenoxy) is 1. The van der Waals surface area contributed by atoms with E-state index in [1.165, 1.54) is 12.1 Å². The second-order valence-corrected chi connectivity index (χ2v) is 4.65. The summed E-state index contributed by atoms with van der Waals surface area (Å²) in [5.41, 5.74) is 1.08. The van der Waals surface area contributed by atoms with E-state index in [4.69, 9.17) is 4.74 Å². The Morgan fingerprint density at radius 2 is 1.81 bits per heavy atom. The molecule has 3 nitrogen and oxygen atoms in total. The first-order chi connectivity index (χ1) is 10.2. The summed E-state index contributed by atoms with van der Waals surface area (Å²) in [5, 5.41) is 0. The van der Waals surface area contributed by atoms with Gasteiger partial charge in [-0.05, 0) is 36.8 Å². The first kappa shape index (κ1) is 15.0.